The highest BCUT2D eigenvalue weighted by atomic mass is 35.5. The molecule has 2 aromatic carbocycles. The first-order chi connectivity index (χ1) is 16.4. The van der Waals surface area contributed by atoms with Crippen LogP contribution in [0.15, 0.2) is 75.2 Å². The summed E-state index contributed by atoms with van der Waals surface area (Å²) in [5.41, 5.74) is 1.48. The van der Waals surface area contributed by atoms with Gasteiger partial charge in [0.15, 0.2) is 5.16 Å². The first kappa shape index (κ1) is 23.6. The molecule has 4 aromatic rings. The number of esters is 1. The zero-order valence-electron chi connectivity index (χ0n) is 18.1. The number of ether oxygens (including phenoxy) is 1. The molecule has 0 fully saturated rings. The summed E-state index contributed by atoms with van der Waals surface area (Å²) in [6.45, 7) is 0.481. The minimum atomic E-state index is -0.420. The molecule has 0 aliphatic rings. The van der Waals surface area contributed by atoms with Crippen molar-refractivity contribution in [1.82, 2.24) is 14.9 Å². The van der Waals surface area contributed by atoms with E-state index in [1.807, 2.05) is 0 Å². The lowest BCUT2D eigenvalue weighted by Gasteiger charge is -2.12. The van der Waals surface area contributed by atoms with Gasteiger partial charge in [-0.15, -0.1) is 0 Å². The standard InChI is InChI=1S/C24H20ClN3O5S/c1-32-23(31)16-6-4-15(5-7-16)12-26-21(29)14-34-24-27-20-11-17(25)8-9-19(20)22(30)28(24)13-18-3-2-10-33-18/h2-11H,12-14H2,1H3,(H,26,29). The zero-order valence-corrected chi connectivity index (χ0v) is 19.7. The summed E-state index contributed by atoms with van der Waals surface area (Å²) < 4.78 is 11.6. The number of amides is 1. The van der Waals surface area contributed by atoms with Crippen LogP contribution in [0.2, 0.25) is 5.02 Å². The maximum atomic E-state index is 13.1. The summed E-state index contributed by atoms with van der Waals surface area (Å²) in [6.07, 6.45) is 1.53. The number of methoxy groups -OCH3 is 1. The number of hydrogen-bond acceptors (Lipinski definition) is 7. The number of hydrogen-bond donors (Lipinski definition) is 1. The van der Waals surface area contributed by atoms with E-state index in [4.69, 9.17) is 16.0 Å². The second-order valence-electron chi connectivity index (χ2n) is 7.28. The Morgan fingerprint density at radius 1 is 1.18 bits per heavy atom. The molecule has 0 atom stereocenters. The molecule has 10 heteroatoms. The Morgan fingerprint density at radius 3 is 2.68 bits per heavy atom. The lowest BCUT2D eigenvalue weighted by molar-refractivity contribution is -0.118. The van der Waals surface area contributed by atoms with Gasteiger partial charge in [0.25, 0.3) is 5.56 Å². The minimum Gasteiger partial charge on any atom is -0.467 e. The Labute approximate surface area is 203 Å². The number of furan rings is 1. The van der Waals surface area contributed by atoms with Crippen molar-refractivity contribution in [3.8, 4) is 0 Å². The lowest BCUT2D eigenvalue weighted by atomic mass is 10.1. The fourth-order valence-electron chi connectivity index (χ4n) is 3.24. The quantitative estimate of drug-likeness (QED) is 0.224. The number of thioether (sulfide) groups is 1. The molecule has 0 unspecified atom stereocenters. The van der Waals surface area contributed by atoms with Crippen molar-refractivity contribution in [3.63, 3.8) is 0 Å². The number of carbonyl (C=O) groups is 2. The van der Waals surface area contributed by atoms with Crippen molar-refractivity contribution in [1.29, 1.82) is 0 Å². The van der Waals surface area contributed by atoms with Crippen LogP contribution >= 0.6 is 23.4 Å². The molecule has 34 heavy (non-hydrogen) atoms. The smallest absolute Gasteiger partial charge is 0.337 e. The molecule has 2 heterocycles. The van der Waals surface area contributed by atoms with Gasteiger partial charge < -0.3 is 14.5 Å². The number of nitrogens with zero attached hydrogens (tertiary/aromatic N) is 2. The monoisotopic (exact) mass is 497 g/mol. The van der Waals surface area contributed by atoms with Crippen molar-refractivity contribution < 1.29 is 18.7 Å². The van der Waals surface area contributed by atoms with Crippen LogP contribution in [0.1, 0.15) is 21.7 Å². The summed E-state index contributed by atoms with van der Waals surface area (Å²) in [4.78, 5) is 41.7. The van der Waals surface area contributed by atoms with Crippen molar-refractivity contribution in [2.45, 2.75) is 18.2 Å². The molecule has 0 aliphatic heterocycles. The third-order valence-corrected chi connectivity index (χ3v) is 6.18. The van der Waals surface area contributed by atoms with Crippen molar-refractivity contribution in [2.24, 2.45) is 0 Å². The summed E-state index contributed by atoms with van der Waals surface area (Å²) in [6, 6.07) is 15.2. The van der Waals surface area contributed by atoms with E-state index in [1.54, 1.807) is 54.6 Å². The van der Waals surface area contributed by atoms with Crippen LogP contribution < -0.4 is 10.9 Å². The number of carbonyl (C=O) groups excluding carboxylic acids is 2. The molecule has 8 nitrogen and oxygen atoms in total. The predicted octanol–water partition coefficient (Wildman–Crippen LogP) is 3.89. The maximum absolute atomic E-state index is 13.1. The van der Waals surface area contributed by atoms with Gasteiger partial charge in [0, 0.05) is 11.6 Å². The van der Waals surface area contributed by atoms with E-state index in [0.717, 1.165) is 17.3 Å². The summed E-state index contributed by atoms with van der Waals surface area (Å²) >= 11 is 7.23. The van der Waals surface area contributed by atoms with Crippen molar-refractivity contribution in [3.05, 3.63) is 93.1 Å². The molecule has 0 saturated carbocycles. The average molecular weight is 498 g/mol. The van der Waals surface area contributed by atoms with Crippen LogP contribution in [0.3, 0.4) is 0 Å². The number of rotatable bonds is 8. The third-order valence-electron chi connectivity index (χ3n) is 4.97. The molecule has 0 bridgehead atoms. The maximum Gasteiger partial charge on any atom is 0.337 e. The van der Waals surface area contributed by atoms with Crippen LogP contribution in [-0.2, 0) is 22.6 Å². The highest BCUT2D eigenvalue weighted by Crippen LogP contribution is 2.21. The van der Waals surface area contributed by atoms with E-state index in [-0.39, 0.29) is 23.8 Å². The summed E-state index contributed by atoms with van der Waals surface area (Å²) in [5, 5.41) is 4.11. The first-order valence-electron chi connectivity index (χ1n) is 10.2. The number of nitrogens with one attached hydrogen (secondary N) is 1. The lowest BCUT2D eigenvalue weighted by Crippen LogP contribution is -2.27. The Balaban J connectivity index is 1.47. The van der Waals surface area contributed by atoms with Crippen LogP contribution in [0.25, 0.3) is 10.9 Å². The fourth-order valence-corrected chi connectivity index (χ4v) is 4.23. The molecule has 0 saturated heterocycles. The number of fused-ring (bicyclic) bond motifs is 1. The normalized spacial score (nSPS) is 10.9. The van der Waals surface area contributed by atoms with Crippen molar-refractivity contribution >= 4 is 46.1 Å². The van der Waals surface area contributed by atoms with Gasteiger partial charge in [-0.1, -0.05) is 35.5 Å². The van der Waals surface area contributed by atoms with Gasteiger partial charge in [-0.3, -0.25) is 14.2 Å². The Kier molecular flexibility index (Phi) is 7.34. The minimum absolute atomic E-state index is 0.0525. The highest BCUT2D eigenvalue weighted by molar-refractivity contribution is 7.99. The van der Waals surface area contributed by atoms with E-state index in [1.165, 1.54) is 17.9 Å². The third kappa shape index (κ3) is 5.49. The Morgan fingerprint density at radius 2 is 1.97 bits per heavy atom. The summed E-state index contributed by atoms with van der Waals surface area (Å²) in [5.74, 6) is -0.000562. The van der Waals surface area contributed by atoms with E-state index >= 15 is 0 Å². The number of benzene rings is 2. The molecular formula is C24H20ClN3O5S. The van der Waals surface area contributed by atoms with Gasteiger partial charge in [-0.05, 0) is 48.0 Å². The van der Waals surface area contributed by atoms with Gasteiger partial charge in [0.1, 0.15) is 5.76 Å². The fraction of sp³-hybridized carbons (Fsp3) is 0.167. The zero-order chi connectivity index (χ0) is 24.1. The Bertz CT molecular complexity index is 1380. The molecule has 0 radical (unpaired) electrons. The topological polar surface area (TPSA) is 103 Å². The van der Waals surface area contributed by atoms with Gasteiger partial charge in [-0.2, -0.15) is 0 Å². The molecule has 0 spiro atoms. The van der Waals surface area contributed by atoms with E-state index in [2.05, 4.69) is 15.0 Å². The van der Waals surface area contributed by atoms with Crippen LogP contribution in [0.4, 0.5) is 0 Å². The summed E-state index contributed by atoms with van der Waals surface area (Å²) in [7, 11) is 1.32. The van der Waals surface area contributed by atoms with E-state index in [0.29, 0.717) is 39.0 Å². The van der Waals surface area contributed by atoms with Gasteiger partial charge in [0.2, 0.25) is 5.91 Å². The molecule has 0 aliphatic carbocycles. The largest absolute Gasteiger partial charge is 0.467 e. The van der Waals surface area contributed by atoms with Gasteiger partial charge in [0.05, 0.1) is 42.1 Å². The van der Waals surface area contributed by atoms with Gasteiger partial charge >= 0.3 is 5.97 Å². The van der Waals surface area contributed by atoms with Gasteiger partial charge in [-0.25, -0.2) is 9.78 Å². The average Bonchev–Trinajstić information content (AvgIpc) is 3.36. The predicted molar refractivity (Wildman–Crippen MR) is 129 cm³/mol. The number of aromatic nitrogens is 2. The van der Waals surface area contributed by atoms with E-state index in [9.17, 15) is 14.4 Å². The molecule has 1 amide bonds. The highest BCUT2D eigenvalue weighted by Gasteiger charge is 2.15. The van der Waals surface area contributed by atoms with Crippen LogP contribution in [-0.4, -0.2) is 34.3 Å². The molecule has 174 valence electrons. The second-order valence-corrected chi connectivity index (χ2v) is 8.66. The van der Waals surface area contributed by atoms with Crippen LogP contribution in [0, 0.1) is 0 Å². The number of halogens is 1. The molecule has 2 aromatic heterocycles. The molecule has 4 rings (SSSR count). The van der Waals surface area contributed by atoms with Crippen LogP contribution in [0.5, 0.6) is 0 Å². The Hall–Kier alpha value is -3.56. The molecular weight excluding hydrogens is 478 g/mol. The van der Waals surface area contributed by atoms with Crippen molar-refractivity contribution in [2.75, 3.05) is 12.9 Å². The van der Waals surface area contributed by atoms with E-state index < -0.39 is 5.97 Å². The second kappa shape index (κ2) is 10.6. The molecule has 1 N–H and O–H groups in total. The first-order valence-corrected chi connectivity index (χ1v) is 11.6. The SMILES string of the molecule is COC(=O)c1ccc(CNC(=O)CSc2nc3cc(Cl)ccc3c(=O)n2Cc2ccco2)cc1.